The van der Waals surface area contributed by atoms with E-state index in [1.54, 1.807) is 32.0 Å². The standard InChI is InChI=1S/C16H15F3O/c1-9(2)11-13(17)14(18)12(15(19)16(11)20-3)10-7-5-4-6-8-10/h4-9H,1-3H3. The predicted octanol–water partition coefficient (Wildman–Crippen LogP) is 4.90. The van der Waals surface area contributed by atoms with E-state index >= 15 is 0 Å². The van der Waals surface area contributed by atoms with Gasteiger partial charge in [0.15, 0.2) is 23.2 Å². The van der Waals surface area contributed by atoms with E-state index in [1.165, 1.54) is 19.2 Å². The summed E-state index contributed by atoms with van der Waals surface area (Å²) in [5.41, 5.74) is -0.207. The molecule has 0 radical (unpaired) electrons. The lowest BCUT2D eigenvalue weighted by Gasteiger charge is -2.17. The van der Waals surface area contributed by atoms with Crippen molar-refractivity contribution in [2.45, 2.75) is 19.8 Å². The van der Waals surface area contributed by atoms with Crippen molar-refractivity contribution in [2.75, 3.05) is 7.11 Å². The van der Waals surface area contributed by atoms with Crippen LogP contribution in [-0.2, 0) is 0 Å². The van der Waals surface area contributed by atoms with Crippen molar-refractivity contribution in [3.63, 3.8) is 0 Å². The second-order valence-electron chi connectivity index (χ2n) is 4.78. The van der Waals surface area contributed by atoms with Crippen molar-refractivity contribution in [3.05, 3.63) is 53.3 Å². The molecule has 0 atom stereocenters. The minimum absolute atomic E-state index is 0.0813. The van der Waals surface area contributed by atoms with Crippen molar-refractivity contribution >= 4 is 0 Å². The molecule has 0 saturated heterocycles. The van der Waals surface area contributed by atoms with Crippen LogP contribution in [0.1, 0.15) is 25.3 Å². The number of benzene rings is 2. The van der Waals surface area contributed by atoms with Crippen molar-refractivity contribution in [1.82, 2.24) is 0 Å². The molecule has 1 nitrogen and oxygen atoms in total. The van der Waals surface area contributed by atoms with Crippen LogP contribution in [0.3, 0.4) is 0 Å². The topological polar surface area (TPSA) is 9.23 Å². The Morgan fingerprint density at radius 3 is 2.00 bits per heavy atom. The minimum atomic E-state index is -1.18. The van der Waals surface area contributed by atoms with Crippen LogP contribution in [0.25, 0.3) is 11.1 Å². The van der Waals surface area contributed by atoms with E-state index in [0.29, 0.717) is 0 Å². The molecule has 0 aromatic heterocycles. The number of hydrogen-bond donors (Lipinski definition) is 0. The summed E-state index contributed by atoms with van der Waals surface area (Å²) in [6, 6.07) is 8.03. The number of halogens is 3. The molecule has 106 valence electrons. The molecule has 2 rings (SSSR count). The fourth-order valence-corrected chi connectivity index (χ4v) is 2.23. The van der Waals surface area contributed by atoms with E-state index in [9.17, 15) is 13.2 Å². The third-order valence-electron chi connectivity index (χ3n) is 3.16. The Kier molecular flexibility index (Phi) is 4.02. The van der Waals surface area contributed by atoms with Crippen molar-refractivity contribution in [2.24, 2.45) is 0 Å². The van der Waals surface area contributed by atoms with Gasteiger partial charge in [0.2, 0.25) is 0 Å². The first-order valence-electron chi connectivity index (χ1n) is 6.28. The van der Waals surface area contributed by atoms with Gasteiger partial charge in [-0.1, -0.05) is 44.2 Å². The Labute approximate surface area is 116 Å². The van der Waals surface area contributed by atoms with Crippen molar-refractivity contribution in [1.29, 1.82) is 0 Å². The molecule has 0 N–H and O–H groups in total. The number of methoxy groups -OCH3 is 1. The Hall–Kier alpha value is -1.97. The number of rotatable bonds is 3. The molecule has 0 unspecified atom stereocenters. The van der Waals surface area contributed by atoms with Crippen LogP contribution in [0.2, 0.25) is 0 Å². The van der Waals surface area contributed by atoms with Crippen LogP contribution in [0.5, 0.6) is 5.75 Å². The normalized spacial score (nSPS) is 10.9. The van der Waals surface area contributed by atoms with Crippen LogP contribution in [0.15, 0.2) is 30.3 Å². The second kappa shape index (κ2) is 5.57. The van der Waals surface area contributed by atoms with Crippen LogP contribution < -0.4 is 4.74 Å². The van der Waals surface area contributed by atoms with Gasteiger partial charge in [-0.3, -0.25) is 0 Å². The largest absolute Gasteiger partial charge is 0.493 e. The van der Waals surface area contributed by atoms with Crippen LogP contribution in [0.4, 0.5) is 13.2 Å². The first-order valence-corrected chi connectivity index (χ1v) is 6.28. The molecule has 0 saturated carbocycles. The third-order valence-corrected chi connectivity index (χ3v) is 3.16. The van der Waals surface area contributed by atoms with E-state index in [2.05, 4.69) is 0 Å². The van der Waals surface area contributed by atoms with Gasteiger partial charge in [-0.15, -0.1) is 0 Å². The Balaban J connectivity index is 2.82. The number of ether oxygens (including phenoxy) is 1. The molecule has 0 aliphatic carbocycles. The van der Waals surface area contributed by atoms with Gasteiger partial charge in [-0.25, -0.2) is 13.2 Å². The van der Waals surface area contributed by atoms with Crippen molar-refractivity contribution < 1.29 is 17.9 Å². The zero-order chi connectivity index (χ0) is 14.9. The fourth-order valence-electron chi connectivity index (χ4n) is 2.23. The summed E-state index contributed by atoms with van der Waals surface area (Å²) < 4.78 is 47.9. The lowest BCUT2D eigenvalue weighted by atomic mass is 9.95. The van der Waals surface area contributed by atoms with Gasteiger partial charge in [-0.05, 0) is 11.5 Å². The van der Waals surface area contributed by atoms with E-state index in [-0.39, 0.29) is 16.9 Å². The highest BCUT2D eigenvalue weighted by Gasteiger charge is 2.27. The fraction of sp³-hybridized carbons (Fsp3) is 0.250. The molecule has 0 fully saturated rings. The summed E-state index contributed by atoms with van der Waals surface area (Å²) in [6.45, 7) is 3.31. The first kappa shape index (κ1) is 14.4. The molecular weight excluding hydrogens is 265 g/mol. The second-order valence-corrected chi connectivity index (χ2v) is 4.78. The van der Waals surface area contributed by atoms with Crippen LogP contribution in [-0.4, -0.2) is 7.11 Å². The molecule has 0 aliphatic heterocycles. The highest BCUT2D eigenvalue weighted by Crippen LogP contribution is 2.39. The van der Waals surface area contributed by atoms with E-state index in [4.69, 9.17) is 4.74 Å². The molecule has 0 spiro atoms. The predicted molar refractivity (Wildman–Crippen MR) is 72.4 cm³/mol. The molecule has 0 bridgehead atoms. The van der Waals surface area contributed by atoms with Crippen molar-refractivity contribution in [3.8, 4) is 16.9 Å². The highest BCUT2D eigenvalue weighted by atomic mass is 19.2. The zero-order valence-electron chi connectivity index (χ0n) is 11.5. The Morgan fingerprint density at radius 1 is 0.900 bits per heavy atom. The van der Waals surface area contributed by atoms with E-state index in [0.717, 1.165) is 0 Å². The lowest BCUT2D eigenvalue weighted by molar-refractivity contribution is 0.367. The summed E-state index contributed by atoms with van der Waals surface area (Å²) in [6.07, 6.45) is 0. The van der Waals surface area contributed by atoms with E-state index in [1.807, 2.05) is 0 Å². The summed E-state index contributed by atoms with van der Waals surface area (Å²) in [7, 11) is 1.25. The van der Waals surface area contributed by atoms with Gasteiger partial charge in [0.05, 0.1) is 12.7 Å². The van der Waals surface area contributed by atoms with Gasteiger partial charge >= 0.3 is 0 Å². The lowest BCUT2D eigenvalue weighted by Crippen LogP contribution is -2.07. The SMILES string of the molecule is COc1c(F)c(-c2ccccc2)c(F)c(F)c1C(C)C. The smallest absolute Gasteiger partial charge is 0.176 e. The molecule has 4 heteroatoms. The molecular formula is C16H15F3O. The summed E-state index contributed by atoms with van der Waals surface area (Å²) in [5, 5.41) is 0. The van der Waals surface area contributed by atoms with Gasteiger partial charge in [0.25, 0.3) is 0 Å². The third kappa shape index (κ3) is 2.26. The summed E-state index contributed by atoms with van der Waals surface area (Å²) in [4.78, 5) is 0. The van der Waals surface area contributed by atoms with E-state index < -0.39 is 28.9 Å². The van der Waals surface area contributed by atoms with Gasteiger partial charge in [-0.2, -0.15) is 0 Å². The average molecular weight is 280 g/mol. The first-order chi connectivity index (χ1) is 9.49. The van der Waals surface area contributed by atoms with Gasteiger partial charge in [0.1, 0.15) is 0 Å². The summed E-state index contributed by atoms with van der Waals surface area (Å²) in [5.74, 6) is -3.74. The molecule has 0 aliphatic rings. The molecule has 2 aromatic carbocycles. The van der Waals surface area contributed by atoms with Gasteiger partial charge < -0.3 is 4.74 Å². The Bertz CT molecular complexity index is 622. The van der Waals surface area contributed by atoms with Crippen LogP contribution >= 0.6 is 0 Å². The maximum absolute atomic E-state index is 14.5. The molecule has 20 heavy (non-hydrogen) atoms. The van der Waals surface area contributed by atoms with Gasteiger partial charge in [0, 0.05) is 5.56 Å². The highest BCUT2D eigenvalue weighted by molar-refractivity contribution is 5.68. The number of hydrogen-bond acceptors (Lipinski definition) is 1. The quantitative estimate of drug-likeness (QED) is 0.726. The maximum Gasteiger partial charge on any atom is 0.176 e. The summed E-state index contributed by atoms with van der Waals surface area (Å²) >= 11 is 0. The minimum Gasteiger partial charge on any atom is -0.493 e. The zero-order valence-corrected chi connectivity index (χ0v) is 11.5. The molecule has 0 amide bonds. The molecule has 2 aromatic rings. The van der Waals surface area contributed by atoms with Crippen LogP contribution in [0, 0.1) is 17.5 Å². The monoisotopic (exact) mass is 280 g/mol. The maximum atomic E-state index is 14.5. The Morgan fingerprint density at radius 2 is 1.50 bits per heavy atom. The average Bonchev–Trinajstić information content (AvgIpc) is 2.43. The molecule has 0 heterocycles.